The van der Waals surface area contributed by atoms with Crippen molar-refractivity contribution in [3.63, 3.8) is 0 Å². The number of hydrogen-bond acceptors (Lipinski definition) is 7. The minimum absolute atomic E-state index is 0.578. The molecule has 0 radical (unpaired) electrons. The van der Waals surface area contributed by atoms with Crippen LogP contribution in [-0.2, 0) is 0 Å². The van der Waals surface area contributed by atoms with Gasteiger partial charge in [-0.1, -0.05) is 0 Å². The van der Waals surface area contributed by atoms with E-state index in [9.17, 15) is 0 Å². The number of piperidine rings is 1. The third kappa shape index (κ3) is 3.21. The molecule has 2 saturated carbocycles. The monoisotopic (exact) mass is 356 g/mol. The Morgan fingerprint density at radius 3 is 2.48 bits per heavy atom. The first-order chi connectivity index (χ1) is 12.3. The fraction of sp³-hybridized carbons (Fsp3) is 0.667. The van der Waals surface area contributed by atoms with Crippen LogP contribution >= 0.6 is 11.5 Å². The number of nitrogens with zero attached hydrogens (tertiary/aromatic N) is 6. The molecular weight excluding hydrogens is 332 g/mol. The molecule has 1 aliphatic heterocycles. The van der Waals surface area contributed by atoms with Crippen molar-refractivity contribution in [1.29, 1.82) is 0 Å². The van der Waals surface area contributed by atoms with E-state index in [-0.39, 0.29) is 0 Å². The Morgan fingerprint density at radius 2 is 1.80 bits per heavy atom. The number of aryl methyl sites for hydroxylation is 1. The Labute approximate surface area is 152 Å². The minimum Gasteiger partial charge on any atom is -0.350 e. The largest absolute Gasteiger partial charge is 0.350 e. The molecule has 5 rings (SSSR count). The SMILES string of the molecule is Cc1cc(N(C2CC2)C2CCN(c3nc(C4CC4)ns3)CC2)ncn1. The first-order valence-electron chi connectivity index (χ1n) is 9.43. The summed E-state index contributed by atoms with van der Waals surface area (Å²) >= 11 is 1.58. The van der Waals surface area contributed by atoms with Crippen molar-refractivity contribution < 1.29 is 0 Å². The Morgan fingerprint density at radius 1 is 1.04 bits per heavy atom. The summed E-state index contributed by atoms with van der Waals surface area (Å²) in [4.78, 5) is 18.6. The number of anilines is 2. The van der Waals surface area contributed by atoms with Crippen LogP contribution in [0.25, 0.3) is 0 Å². The van der Waals surface area contributed by atoms with E-state index in [1.54, 1.807) is 17.9 Å². The van der Waals surface area contributed by atoms with Gasteiger partial charge in [-0.25, -0.2) is 15.0 Å². The molecule has 2 aromatic rings. The first-order valence-corrected chi connectivity index (χ1v) is 10.2. The summed E-state index contributed by atoms with van der Waals surface area (Å²) in [5, 5.41) is 1.12. The van der Waals surface area contributed by atoms with Gasteiger partial charge in [0.15, 0.2) is 0 Å². The number of aromatic nitrogens is 4. The first kappa shape index (κ1) is 15.5. The van der Waals surface area contributed by atoms with Gasteiger partial charge in [0.25, 0.3) is 0 Å². The molecule has 7 heteroatoms. The normalized spacial score (nSPS) is 21.6. The predicted molar refractivity (Wildman–Crippen MR) is 99.4 cm³/mol. The smallest absolute Gasteiger partial charge is 0.205 e. The lowest BCUT2D eigenvalue weighted by Gasteiger charge is -2.39. The van der Waals surface area contributed by atoms with Crippen LogP contribution in [0.2, 0.25) is 0 Å². The molecule has 0 bridgehead atoms. The number of hydrogen-bond donors (Lipinski definition) is 0. The lowest BCUT2D eigenvalue weighted by Crippen LogP contribution is -2.46. The van der Waals surface area contributed by atoms with Gasteiger partial charge in [0, 0.05) is 54.4 Å². The van der Waals surface area contributed by atoms with Crippen LogP contribution in [0.4, 0.5) is 10.9 Å². The van der Waals surface area contributed by atoms with Crippen LogP contribution in [0.15, 0.2) is 12.4 Å². The molecule has 25 heavy (non-hydrogen) atoms. The maximum absolute atomic E-state index is 4.78. The molecule has 0 amide bonds. The quantitative estimate of drug-likeness (QED) is 0.820. The van der Waals surface area contributed by atoms with E-state index in [1.807, 2.05) is 6.92 Å². The predicted octanol–water partition coefficient (Wildman–Crippen LogP) is 3.15. The zero-order valence-corrected chi connectivity index (χ0v) is 15.5. The molecule has 132 valence electrons. The molecule has 0 unspecified atom stereocenters. The van der Waals surface area contributed by atoms with Gasteiger partial charge in [-0.2, -0.15) is 4.37 Å². The van der Waals surface area contributed by atoms with Crippen molar-refractivity contribution in [2.75, 3.05) is 22.9 Å². The third-order valence-electron chi connectivity index (χ3n) is 5.50. The van der Waals surface area contributed by atoms with Gasteiger partial charge >= 0.3 is 0 Å². The van der Waals surface area contributed by atoms with E-state index in [0.29, 0.717) is 18.0 Å². The van der Waals surface area contributed by atoms with E-state index in [0.717, 1.165) is 48.4 Å². The van der Waals surface area contributed by atoms with Crippen LogP contribution in [-0.4, -0.2) is 44.5 Å². The van der Waals surface area contributed by atoms with Crippen molar-refractivity contribution in [2.24, 2.45) is 0 Å². The Kier molecular flexibility index (Phi) is 3.84. The van der Waals surface area contributed by atoms with Gasteiger partial charge in [0.05, 0.1) is 0 Å². The van der Waals surface area contributed by atoms with Crippen LogP contribution in [0.3, 0.4) is 0 Å². The molecule has 2 aromatic heterocycles. The molecule has 6 nitrogen and oxygen atoms in total. The second-order valence-corrected chi connectivity index (χ2v) is 8.31. The fourth-order valence-electron chi connectivity index (χ4n) is 3.80. The summed E-state index contributed by atoms with van der Waals surface area (Å²) in [6, 6.07) is 3.39. The van der Waals surface area contributed by atoms with Crippen LogP contribution < -0.4 is 9.80 Å². The molecule has 3 fully saturated rings. The molecule has 1 saturated heterocycles. The Hall–Kier alpha value is -1.76. The summed E-state index contributed by atoms with van der Waals surface area (Å²) < 4.78 is 4.56. The van der Waals surface area contributed by atoms with E-state index in [4.69, 9.17) is 4.98 Å². The summed E-state index contributed by atoms with van der Waals surface area (Å²) in [5.74, 6) is 2.84. The lowest BCUT2D eigenvalue weighted by molar-refractivity contribution is 0.458. The highest BCUT2D eigenvalue weighted by atomic mass is 32.1. The molecule has 0 aromatic carbocycles. The second-order valence-electron chi connectivity index (χ2n) is 7.58. The number of rotatable bonds is 5. The topological polar surface area (TPSA) is 58.0 Å². The summed E-state index contributed by atoms with van der Waals surface area (Å²) in [5.41, 5.74) is 1.05. The van der Waals surface area contributed by atoms with Crippen LogP contribution in [0, 0.1) is 6.92 Å². The molecule has 0 spiro atoms. The van der Waals surface area contributed by atoms with Crippen molar-refractivity contribution in [2.45, 2.75) is 63.5 Å². The summed E-state index contributed by atoms with van der Waals surface area (Å²) in [6.07, 6.45) is 9.17. The van der Waals surface area contributed by atoms with Crippen molar-refractivity contribution in [3.05, 3.63) is 23.9 Å². The van der Waals surface area contributed by atoms with Gasteiger partial charge in [0.1, 0.15) is 18.0 Å². The van der Waals surface area contributed by atoms with Crippen molar-refractivity contribution >= 4 is 22.5 Å². The highest BCUT2D eigenvalue weighted by Gasteiger charge is 2.37. The minimum atomic E-state index is 0.578. The Balaban J connectivity index is 1.28. The van der Waals surface area contributed by atoms with Gasteiger partial charge in [0.2, 0.25) is 5.13 Å². The Bertz CT molecular complexity index is 746. The van der Waals surface area contributed by atoms with E-state index in [2.05, 4.69) is 30.2 Å². The zero-order chi connectivity index (χ0) is 16.8. The molecule has 0 atom stereocenters. The van der Waals surface area contributed by atoms with Gasteiger partial charge < -0.3 is 9.80 Å². The van der Waals surface area contributed by atoms with Crippen LogP contribution in [0.1, 0.15) is 56.0 Å². The van der Waals surface area contributed by atoms with E-state index in [1.165, 1.54) is 25.7 Å². The average Bonchev–Trinajstić information content (AvgIpc) is 3.56. The average molecular weight is 356 g/mol. The highest BCUT2D eigenvalue weighted by Crippen LogP contribution is 2.40. The van der Waals surface area contributed by atoms with Gasteiger partial charge in [-0.15, -0.1) is 0 Å². The molecular formula is C18H24N6S. The van der Waals surface area contributed by atoms with Crippen molar-refractivity contribution in [3.8, 4) is 0 Å². The maximum atomic E-state index is 4.78. The lowest BCUT2D eigenvalue weighted by atomic mass is 10.0. The van der Waals surface area contributed by atoms with Crippen molar-refractivity contribution in [1.82, 2.24) is 19.3 Å². The molecule has 2 aliphatic carbocycles. The highest BCUT2D eigenvalue weighted by molar-refractivity contribution is 7.09. The van der Waals surface area contributed by atoms with Gasteiger partial charge in [-0.05, 0) is 45.4 Å². The van der Waals surface area contributed by atoms with E-state index < -0.39 is 0 Å². The molecule has 3 aliphatic rings. The fourth-order valence-corrected chi connectivity index (χ4v) is 4.60. The summed E-state index contributed by atoms with van der Waals surface area (Å²) in [7, 11) is 0. The zero-order valence-electron chi connectivity index (χ0n) is 14.6. The standard InChI is InChI=1S/C18H24N6S/c1-12-10-16(20-11-19-12)24(14-4-5-14)15-6-8-23(9-7-15)18-21-17(22-25-18)13-2-3-13/h10-11,13-15H,2-9H2,1H3. The molecule has 0 N–H and O–H groups in total. The second kappa shape index (κ2) is 6.20. The third-order valence-corrected chi connectivity index (χ3v) is 6.29. The maximum Gasteiger partial charge on any atom is 0.205 e. The van der Waals surface area contributed by atoms with Crippen LogP contribution in [0.5, 0.6) is 0 Å². The van der Waals surface area contributed by atoms with E-state index >= 15 is 0 Å². The summed E-state index contributed by atoms with van der Waals surface area (Å²) in [6.45, 7) is 4.18. The molecule has 3 heterocycles. The van der Waals surface area contributed by atoms with Gasteiger partial charge in [-0.3, -0.25) is 0 Å².